The number of hydrogen-bond donors (Lipinski definition) is 2. The Morgan fingerprint density at radius 2 is 2.05 bits per heavy atom. The van der Waals surface area contributed by atoms with Crippen molar-refractivity contribution in [2.45, 2.75) is 30.2 Å². The molecule has 1 aliphatic carbocycles. The molecule has 1 saturated carbocycles. The predicted octanol–water partition coefficient (Wildman–Crippen LogP) is 1.90. The van der Waals surface area contributed by atoms with Crippen LogP contribution < -0.4 is 10.0 Å². The van der Waals surface area contributed by atoms with Crippen LogP contribution in [0.25, 0.3) is 0 Å². The van der Waals surface area contributed by atoms with Crippen LogP contribution in [-0.2, 0) is 10.0 Å². The molecule has 0 amide bonds. The van der Waals surface area contributed by atoms with E-state index >= 15 is 0 Å². The van der Waals surface area contributed by atoms with Crippen molar-refractivity contribution in [3.05, 3.63) is 29.0 Å². The van der Waals surface area contributed by atoms with Crippen molar-refractivity contribution in [3.8, 4) is 0 Å². The van der Waals surface area contributed by atoms with Crippen molar-refractivity contribution in [2.75, 3.05) is 13.1 Å². The summed E-state index contributed by atoms with van der Waals surface area (Å²) in [5, 5.41) is 3.10. The van der Waals surface area contributed by atoms with Gasteiger partial charge in [0, 0.05) is 12.6 Å². The Labute approximate surface area is 117 Å². The minimum Gasteiger partial charge on any atom is -0.314 e. The highest BCUT2D eigenvalue weighted by molar-refractivity contribution is 7.89. The van der Waals surface area contributed by atoms with Crippen LogP contribution in [0, 0.1) is 5.82 Å². The first-order chi connectivity index (χ1) is 8.99. The molecule has 0 atom stereocenters. The Morgan fingerprint density at radius 1 is 1.32 bits per heavy atom. The number of sulfonamides is 1. The van der Waals surface area contributed by atoms with Crippen LogP contribution in [0.15, 0.2) is 23.1 Å². The third kappa shape index (κ3) is 4.42. The van der Waals surface area contributed by atoms with Crippen LogP contribution in [0.4, 0.5) is 4.39 Å². The highest BCUT2D eigenvalue weighted by atomic mass is 35.5. The summed E-state index contributed by atoms with van der Waals surface area (Å²) in [6.07, 6.45) is 3.13. The molecule has 4 nitrogen and oxygen atoms in total. The van der Waals surface area contributed by atoms with Gasteiger partial charge >= 0.3 is 0 Å². The van der Waals surface area contributed by atoms with Gasteiger partial charge in [0.2, 0.25) is 10.0 Å². The SMILES string of the molecule is O=S(=O)(NCCCNC1CC1)c1ccc(F)c(Cl)c1. The van der Waals surface area contributed by atoms with E-state index in [0.717, 1.165) is 18.7 Å². The van der Waals surface area contributed by atoms with E-state index in [9.17, 15) is 12.8 Å². The molecule has 0 aromatic heterocycles. The van der Waals surface area contributed by atoms with Crippen molar-refractivity contribution in [1.82, 2.24) is 10.0 Å². The Bertz CT molecular complexity index is 547. The maximum absolute atomic E-state index is 13.0. The molecule has 0 radical (unpaired) electrons. The zero-order valence-electron chi connectivity index (χ0n) is 10.3. The van der Waals surface area contributed by atoms with Crippen LogP contribution >= 0.6 is 11.6 Å². The largest absolute Gasteiger partial charge is 0.314 e. The molecule has 0 aliphatic heterocycles. The van der Waals surface area contributed by atoms with E-state index in [1.165, 1.54) is 18.9 Å². The molecule has 1 aromatic carbocycles. The standard InChI is InChI=1S/C12H16ClFN2O2S/c13-11-8-10(4-5-12(11)14)19(17,18)16-7-1-6-15-9-2-3-9/h4-5,8-9,15-16H,1-3,6-7H2. The van der Waals surface area contributed by atoms with E-state index in [0.29, 0.717) is 19.0 Å². The predicted molar refractivity (Wildman–Crippen MR) is 72.2 cm³/mol. The molecule has 0 saturated heterocycles. The summed E-state index contributed by atoms with van der Waals surface area (Å²) in [6.45, 7) is 1.13. The van der Waals surface area contributed by atoms with E-state index in [4.69, 9.17) is 11.6 Å². The lowest BCUT2D eigenvalue weighted by atomic mass is 10.3. The van der Waals surface area contributed by atoms with Crippen LogP contribution in [-0.4, -0.2) is 27.5 Å². The molecular formula is C12H16ClFN2O2S. The molecule has 1 aliphatic rings. The molecule has 1 fully saturated rings. The molecule has 0 unspecified atom stereocenters. The first-order valence-corrected chi connectivity index (χ1v) is 8.03. The quantitative estimate of drug-likeness (QED) is 0.757. The molecule has 2 N–H and O–H groups in total. The normalized spacial score (nSPS) is 15.7. The first kappa shape index (κ1) is 14.7. The zero-order chi connectivity index (χ0) is 13.9. The molecule has 2 rings (SSSR count). The van der Waals surface area contributed by atoms with Crippen LogP contribution in [0.1, 0.15) is 19.3 Å². The van der Waals surface area contributed by atoms with E-state index in [2.05, 4.69) is 10.0 Å². The molecule has 1 aromatic rings. The van der Waals surface area contributed by atoms with Crippen molar-refractivity contribution < 1.29 is 12.8 Å². The Kier molecular flexibility index (Phi) is 4.78. The smallest absolute Gasteiger partial charge is 0.240 e. The Morgan fingerprint density at radius 3 is 2.68 bits per heavy atom. The fourth-order valence-corrected chi connectivity index (χ4v) is 2.96. The van der Waals surface area contributed by atoms with Gasteiger partial charge in [0.1, 0.15) is 5.82 Å². The van der Waals surface area contributed by atoms with E-state index in [-0.39, 0.29) is 9.92 Å². The van der Waals surface area contributed by atoms with Crippen molar-refractivity contribution in [2.24, 2.45) is 0 Å². The lowest BCUT2D eigenvalue weighted by molar-refractivity contribution is 0.572. The summed E-state index contributed by atoms with van der Waals surface area (Å²) in [6, 6.07) is 3.98. The van der Waals surface area contributed by atoms with E-state index in [1.807, 2.05) is 0 Å². The van der Waals surface area contributed by atoms with Gasteiger partial charge in [-0.25, -0.2) is 17.5 Å². The van der Waals surface area contributed by atoms with Gasteiger partial charge < -0.3 is 5.32 Å². The van der Waals surface area contributed by atoms with Crippen LogP contribution in [0.5, 0.6) is 0 Å². The summed E-state index contributed by atoms with van der Waals surface area (Å²) in [4.78, 5) is -0.0194. The number of hydrogen-bond acceptors (Lipinski definition) is 3. The summed E-state index contributed by atoms with van der Waals surface area (Å²) in [5.41, 5.74) is 0. The third-order valence-electron chi connectivity index (χ3n) is 2.86. The van der Waals surface area contributed by atoms with Crippen LogP contribution in [0.3, 0.4) is 0 Å². The van der Waals surface area contributed by atoms with Gasteiger partial charge in [-0.1, -0.05) is 11.6 Å². The van der Waals surface area contributed by atoms with Gasteiger partial charge in [-0.3, -0.25) is 0 Å². The fraction of sp³-hybridized carbons (Fsp3) is 0.500. The lowest BCUT2D eigenvalue weighted by Gasteiger charge is -2.07. The van der Waals surface area contributed by atoms with Crippen molar-refractivity contribution in [1.29, 1.82) is 0 Å². The monoisotopic (exact) mass is 306 g/mol. The van der Waals surface area contributed by atoms with Gasteiger partial charge in [-0.2, -0.15) is 0 Å². The molecule has 19 heavy (non-hydrogen) atoms. The van der Waals surface area contributed by atoms with Gasteiger partial charge in [-0.15, -0.1) is 0 Å². The highest BCUT2D eigenvalue weighted by Gasteiger charge is 2.20. The minimum atomic E-state index is -3.61. The molecule has 7 heteroatoms. The first-order valence-electron chi connectivity index (χ1n) is 6.17. The maximum atomic E-state index is 13.0. The van der Waals surface area contributed by atoms with Crippen molar-refractivity contribution in [3.63, 3.8) is 0 Å². The second-order valence-corrected chi connectivity index (χ2v) is 6.73. The Hall–Kier alpha value is -0.690. The van der Waals surface area contributed by atoms with Gasteiger partial charge in [0.15, 0.2) is 0 Å². The van der Waals surface area contributed by atoms with Gasteiger partial charge in [0.25, 0.3) is 0 Å². The molecule has 0 bridgehead atoms. The van der Waals surface area contributed by atoms with Crippen molar-refractivity contribution >= 4 is 21.6 Å². The minimum absolute atomic E-state index is 0.0194. The van der Waals surface area contributed by atoms with Gasteiger partial charge in [0.05, 0.1) is 9.92 Å². The molecule has 106 valence electrons. The topological polar surface area (TPSA) is 58.2 Å². The van der Waals surface area contributed by atoms with E-state index in [1.54, 1.807) is 0 Å². The summed E-state index contributed by atoms with van der Waals surface area (Å²) < 4.78 is 39.2. The maximum Gasteiger partial charge on any atom is 0.240 e. The number of halogens is 2. The summed E-state index contributed by atoms with van der Waals surface area (Å²) >= 11 is 5.57. The zero-order valence-corrected chi connectivity index (χ0v) is 11.9. The average Bonchev–Trinajstić information content (AvgIpc) is 3.16. The molecular weight excluding hydrogens is 291 g/mol. The lowest BCUT2D eigenvalue weighted by Crippen LogP contribution is -2.28. The second kappa shape index (κ2) is 6.17. The van der Waals surface area contributed by atoms with Gasteiger partial charge in [-0.05, 0) is 44.0 Å². The summed E-state index contributed by atoms with van der Waals surface area (Å²) in [5.74, 6) is -0.630. The van der Waals surface area contributed by atoms with Crippen LogP contribution in [0.2, 0.25) is 5.02 Å². The summed E-state index contributed by atoms with van der Waals surface area (Å²) in [7, 11) is -3.61. The van der Waals surface area contributed by atoms with E-state index < -0.39 is 15.8 Å². The molecule has 0 heterocycles. The second-order valence-electron chi connectivity index (χ2n) is 4.56. The number of rotatable bonds is 7. The Balaban J connectivity index is 1.84. The third-order valence-corrected chi connectivity index (χ3v) is 4.61. The fourth-order valence-electron chi connectivity index (χ4n) is 1.62. The molecule has 0 spiro atoms. The highest BCUT2D eigenvalue weighted by Crippen LogP contribution is 2.19. The average molecular weight is 307 g/mol. The number of benzene rings is 1. The number of nitrogens with one attached hydrogen (secondary N) is 2.